The monoisotopic (exact) mass is 411 g/mol. The minimum absolute atomic E-state index is 0.206. The number of amides is 4. The Labute approximate surface area is 174 Å². The van der Waals surface area contributed by atoms with Gasteiger partial charge in [-0.2, -0.15) is 5.10 Å². The molecule has 30 heavy (non-hydrogen) atoms. The molecule has 1 atom stereocenters. The Morgan fingerprint density at radius 3 is 2.47 bits per heavy atom. The molecule has 0 aliphatic carbocycles. The van der Waals surface area contributed by atoms with Gasteiger partial charge in [-0.3, -0.25) is 29.2 Å². The van der Waals surface area contributed by atoms with Crippen LogP contribution in [0.4, 0.5) is 5.69 Å². The highest BCUT2D eigenvalue weighted by molar-refractivity contribution is 6.39. The summed E-state index contributed by atoms with van der Waals surface area (Å²) in [5, 5.41) is 11.7. The normalized spacial score (nSPS) is 18.6. The molecule has 9 nitrogen and oxygen atoms in total. The molecule has 158 valence electrons. The highest BCUT2D eigenvalue weighted by Crippen LogP contribution is 2.36. The van der Waals surface area contributed by atoms with Crippen molar-refractivity contribution in [2.75, 3.05) is 5.32 Å². The van der Waals surface area contributed by atoms with E-state index in [-0.39, 0.29) is 24.8 Å². The third-order valence-electron chi connectivity index (χ3n) is 5.53. The Kier molecular flexibility index (Phi) is 6.00. The van der Waals surface area contributed by atoms with E-state index in [1.807, 2.05) is 13.8 Å². The summed E-state index contributed by atoms with van der Waals surface area (Å²) in [6.07, 6.45) is 3.06. The van der Waals surface area contributed by atoms with E-state index in [2.05, 4.69) is 21.0 Å². The van der Waals surface area contributed by atoms with Crippen LogP contribution in [0.25, 0.3) is 0 Å². The Morgan fingerprint density at radius 2 is 1.90 bits per heavy atom. The van der Waals surface area contributed by atoms with Crippen molar-refractivity contribution < 1.29 is 19.2 Å². The van der Waals surface area contributed by atoms with Crippen molar-refractivity contribution in [1.82, 2.24) is 20.4 Å². The number of aryl methyl sites for hydroxylation is 2. The number of piperidine rings is 1. The number of hydrogen-bond acceptors (Lipinski definition) is 5. The number of aromatic nitrogens is 2. The maximum Gasteiger partial charge on any atom is 0.313 e. The molecule has 1 aliphatic rings. The number of anilines is 1. The number of nitrogens with zero attached hydrogens (tertiary/aromatic N) is 2. The van der Waals surface area contributed by atoms with Gasteiger partial charge in [-0.25, -0.2) is 0 Å². The summed E-state index contributed by atoms with van der Waals surface area (Å²) < 4.78 is 1.64. The molecule has 1 aliphatic heterocycles. The Balaban J connectivity index is 1.62. The third-order valence-corrected chi connectivity index (χ3v) is 5.53. The van der Waals surface area contributed by atoms with Crippen LogP contribution in [0.5, 0.6) is 0 Å². The molecule has 0 radical (unpaired) electrons. The van der Waals surface area contributed by atoms with Crippen LogP contribution in [0.15, 0.2) is 30.5 Å². The molecule has 0 saturated carbocycles. The van der Waals surface area contributed by atoms with Crippen molar-refractivity contribution in [1.29, 1.82) is 0 Å². The van der Waals surface area contributed by atoms with Crippen molar-refractivity contribution in [3.8, 4) is 0 Å². The molecule has 2 aromatic rings. The summed E-state index contributed by atoms with van der Waals surface area (Å²) in [6.45, 7) is 3.94. The Morgan fingerprint density at radius 1 is 1.20 bits per heavy atom. The van der Waals surface area contributed by atoms with Crippen LogP contribution in [0.3, 0.4) is 0 Å². The molecule has 1 aromatic carbocycles. The predicted molar refractivity (Wildman–Crippen MR) is 109 cm³/mol. The maximum absolute atomic E-state index is 12.5. The molecule has 3 rings (SSSR count). The summed E-state index contributed by atoms with van der Waals surface area (Å²) in [5.74, 6) is -2.10. The first-order valence-corrected chi connectivity index (χ1v) is 9.78. The average molecular weight is 411 g/mol. The minimum atomic E-state index is -0.782. The molecule has 3 N–H and O–H groups in total. The lowest BCUT2D eigenvalue weighted by atomic mass is 9.72. The molecule has 0 bridgehead atoms. The second kappa shape index (κ2) is 8.48. The van der Waals surface area contributed by atoms with E-state index in [0.717, 1.165) is 16.8 Å². The molecule has 0 spiro atoms. The number of nitrogens with one attached hydrogen (secondary N) is 3. The first-order chi connectivity index (χ1) is 14.2. The maximum atomic E-state index is 12.5. The summed E-state index contributed by atoms with van der Waals surface area (Å²) in [4.78, 5) is 48.2. The van der Waals surface area contributed by atoms with Gasteiger partial charge >= 0.3 is 11.8 Å². The SMILES string of the molecule is CC[C@]1(c2ccc(NC(=O)C(=O)NCc3cn(C)nc3C)cc2)CCC(=O)NC1=O. The van der Waals surface area contributed by atoms with Crippen molar-refractivity contribution in [3.63, 3.8) is 0 Å². The van der Waals surface area contributed by atoms with Gasteiger partial charge in [-0.1, -0.05) is 19.1 Å². The fourth-order valence-corrected chi connectivity index (χ4v) is 3.70. The van der Waals surface area contributed by atoms with Gasteiger partial charge in [-0.15, -0.1) is 0 Å². The van der Waals surface area contributed by atoms with Gasteiger partial charge in [0.1, 0.15) is 0 Å². The lowest BCUT2D eigenvalue weighted by molar-refractivity contribution is -0.138. The van der Waals surface area contributed by atoms with Gasteiger partial charge in [0, 0.05) is 37.5 Å². The highest BCUT2D eigenvalue weighted by Gasteiger charge is 2.42. The number of carbonyl (C=O) groups excluding carboxylic acids is 4. The lowest BCUT2D eigenvalue weighted by Gasteiger charge is -2.35. The predicted octanol–water partition coefficient (Wildman–Crippen LogP) is 1.07. The number of imide groups is 1. The summed E-state index contributed by atoms with van der Waals surface area (Å²) in [6, 6.07) is 6.77. The van der Waals surface area contributed by atoms with Crippen LogP contribution >= 0.6 is 0 Å². The van der Waals surface area contributed by atoms with Crippen molar-refractivity contribution >= 4 is 29.3 Å². The van der Waals surface area contributed by atoms with Gasteiger partial charge in [0.15, 0.2) is 0 Å². The fourth-order valence-electron chi connectivity index (χ4n) is 3.70. The molecule has 2 heterocycles. The van der Waals surface area contributed by atoms with Crippen molar-refractivity contribution in [3.05, 3.63) is 47.3 Å². The van der Waals surface area contributed by atoms with Gasteiger partial charge in [0.2, 0.25) is 11.8 Å². The highest BCUT2D eigenvalue weighted by atomic mass is 16.2. The van der Waals surface area contributed by atoms with Gasteiger partial charge < -0.3 is 10.6 Å². The van der Waals surface area contributed by atoms with Crippen LogP contribution in [0, 0.1) is 6.92 Å². The Bertz CT molecular complexity index is 995. The minimum Gasteiger partial charge on any atom is -0.344 e. The average Bonchev–Trinajstić information content (AvgIpc) is 3.04. The molecular weight excluding hydrogens is 386 g/mol. The van der Waals surface area contributed by atoms with Crippen LogP contribution in [-0.2, 0) is 38.2 Å². The number of benzene rings is 1. The molecule has 9 heteroatoms. The van der Waals surface area contributed by atoms with E-state index in [4.69, 9.17) is 0 Å². The topological polar surface area (TPSA) is 122 Å². The molecular formula is C21H25N5O4. The van der Waals surface area contributed by atoms with Crippen LogP contribution in [0.1, 0.15) is 43.0 Å². The number of hydrogen-bond donors (Lipinski definition) is 3. The third kappa shape index (κ3) is 4.24. The quantitative estimate of drug-likeness (QED) is 0.502. The number of carbonyl (C=O) groups is 4. The smallest absolute Gasteiger partial charge is 0.313 e. The van der Waals surface area contributed by atoms with Gasteiger partial charge in [0.05, 0.1) is 11.1 Å². The van der Waals surface area contributed by atoms with E-state index in [1.165, 1.54) is 0 Å². The zero-order valence-electron chi connectivity index (χ0n) is 17.2. The van der Waals surface area contributed by atoms with E-state index < -0.39 is 17.2 Å². The molecule has 1 aromatic heterocycles. The van der Waals surface area contributed by atoms with E-state index >= 15 is 0 Å². The number of rotatable bonds is 5. The van der Waals surface area contributed by atoms with Crippen LogP contribution in [-0.4, -0.2) is 33.4 Å². The first-order valence-electron chi connectivity index (χ1n) is 9.78. The lowest BCUT2D eigenvalue weighted by Crippen LogP contribution is -2.51. The standard InChI is InChI=1S/C21H25N5O4/c1-4-21(10-9-17(27)24-20(21)30)15-5-7-16(8-6-15)23-19(29)18(28)22-11-14-12-26(3)25-13(14)2/h5-8,12H,4,9-11H2,1-3H3,(H,22,28)(H,23,29)(H,24,27,30)/t21-/m1/s1. The molecule has 0 unspecified atom stereocenters. The van der Waals surface area contributed by atoms with E-state index in [1.54, 1.807) is 42.2 Å². The fraction of sp³-hybridized carbons (Fsp3) is 0.381. The van der Waals surface area contributed by atoms with Crippen molar-refractivity contribution in [2.45, 2.75) is 45.1 Å². The van der Waals surface area contributed by atoms with Gasteiger partial charge in [0.25, 0.3) is 0 Å². The second-order valence-electron chi connectivity index (χ2n) is 7.44. The molecule has 4 amide bonds. The zero-order chi connectivity index (χ0) is 21.9. The summed E-state index contributed by atoms with van der Waals surface area (Å²) in [7, 11) is 1.78. The molecule has 1 fully saturated rings. The van der Waals surface area contributed by atoms with Crippen LogP contribution < -0.4 is 16.0 Å². The second-order valence-corrected chi connectivity index (χ2v) is 7.44. The summed E-state index contributed by atoms with van der Waals surface area (Å²) in [5.41, 5.74) is 2.05. The first kappa shape index (κ1) is 21.2. The Hall–Kier alpha value is -3.49. The van der Waals surface area contributed by atoms with Crippen molar-refractivity contribution in [2.24, 2.45) is 7.05 Å². The summed E-state index contributed by atoms with van der Waals surface area (Å²) >= 11 is 0. The van der Waals surface area contributed by atoms with Gasteiger partial charge in [-0.05, 0) is 37.5 Å². The van der Waals surface area contributed by atoms with E-state index in [9.17, 15) is 19.2 Å². The zero-order valence-corrected chi connectivity index (χ0v) is 17.2. The largest absolute Gasteiger partial charge is 0.344 e. The molecule has 1 saturated heterocycles. The van der Waals surface area contributed by atoms with E-state index in [0.29, 0.717) is 18.5 Å². The van der Waals surface area contributed by atoms with Crippen LogP contribution in [0.2, 0.25) is 0 Å².